The van der Waals surface area contributed by atoms with Gasteiger partial charge in [0.15, 0.2) is 0 Å². The van der Waals surface area contributed by atoms with Crippen molar-refractivity contribution in [1.29, 1.82) is 0 Å². The zero-order valence-electron chi connectivity index (χ0n) is 9.23. The van der Waals surface area contributed by atoms with Crippen molar-refractivity contribution >= 4 is 11.3 Å². The van der Waals surface area contributed by atoms with Gasteiger partial charge in [-0.15, -0.1) is 11.3 Å². The molecule has 1 aliphatic rings. The van der Waals surface area contributed by atoms with Crippen molar-refractivity contribution in [2.24, 2.45) is 0 Å². The van der Waals surface area contributed by atoms with Gasteiger partial charge in [0, 0.05) is 10.9 Å². The molecule has 2 nitrogen and oxygen atoms in total. The number of nitrogens with one attached hydrogen (secondary N) is 1. The second-order valence-corrected chi connectivity index (χ2v) is 5.09. The summed E-state index contributed by atoms with van der Waals surface area (Å²) in [5.74, 6) is 0. The van der Waals surface area contributed by atoms with Gasteiger partial charge in [-0.25, -0.2) is 4.98 Å². The third-order valence-electron chi connectivity index (χ3n) is 3.21. The first-order valence-electron chi connectivity index (χ1n) is 5.54. The number of rotatable bonds is 3. The van der Waals surface area contributed by atoms with Crippen LogP contribution < -0.4 is 5.32 Å². The summed E-state index contributed by atoms with van der Waals surface area (Å²) in [7, 11) is 2.02. The Labute approximate surface area is 99.4 Å². The van der Waals surface area contributed by atoms with Crippen molar-refractivity contribution in [3.8, 4) is 11.3 Å². The summed E-state index contributed by atoms with van der Waals surface area (Å²) in [6, 6.07) is 10.4. The molecular weight excluding hydrogens is 216 g/mol. The molecule has 1 fully saturated rings. The molecule has 0 saturated heterocycles. The second-order valence-electron chi connectivity index (χ2n) is 4.24. The van der Waals surface area contributed by atoms with E-state index in [-0.39, 0.29) is 5.54 Å². The highest BCUT2D eigenvalue weighted by molar-refractivity contribution is 7.10. The summed E-state index contributed by atoms with van der Waals surface area (Å²) in [5.41, 5.74) is 2.50. The highest BCUT2D eigenvalue weighted by Crippen LogP contribution is 2.46. The summed E-state index contributed by atoms with van der Waals surface area (Å²) < 4.78 is 0. The minimum atomic E-state index is 0.192. The van der Waals surface area contributed by atoms with E-state index in [0.29, 0.717) is 0 Å². The van der Waals surface area contributed by atoms with Gasteiger partial charge >= 0.3 is 0 Å². The fraction of sp³-hybridized carbons (Fsp3) is 0.308. The van der Waals surface area contributed by atoms with Crippen LogP contribution in [0.3, 0.4) is 0 Å². The van der Waals surface area contributed by atoms with Gasteiger partial charge in [-0.1, -0.05) is 30.3 Å². The van der Waals surface area contributed by atoms with Gasteiger partial charge in [0.1, 0.15) is 5.01 Å². The van der Waals surface area contributed by atoms with E-state index in [2.05, 4.69) is 35.0 Å². The molecule has 2 aromatic rings. The van der Waals surface area contributed by atoms with Gasteiger partial charge in [-0.3, -0.25) is 0 Å². The van der Waals surface area contributed by atoms with Gasteiger partial charge in [-0.05, 0) is 19.9 Å². The van der Waals surface area contributed by atoms with Crippen LogP contribution in [0.25, 0.3) is 11.3 Å². The summed E-state index contributed by atoms with van der Waals surface area (Å²) in [5, 5.41) is 6.77. The maximum atomic E-state index is 4.74. The smallest absolute Gasteiger partial charge is 0.113 e. The predicted molar refractivity (Wildman–Crippen MR) is 67.5 cm³/mol. The zero-order chi connectivity index (χ0) is 11.0. The van der Waals surface area contributed by atoms with Gasteiger partial charge in [0.05, 0.1) is 11.2 Å². The quantitative estimate of drug-likeness (QED) is 0.876. The summed E-state index contributed by atoms with van der Waals surface area (Å²) in [6.07, 6.45) is 2.43. The molecule has 0 aliphatic heterocycles. The lowest BCUT2D eigenvalue weighted by Crippen LogP contribution is -2.24. The number of hydrogen-bond acceptors (Lipinski definition) is 3. The van der Waals surface area contributed by atoms with Crippen LogP contribution in [0.5, 0.6) is 0 Å². The lowest BCUT2D eigenvalue weighted by molar-refractivity contribution is 0.582. The molecule has 3 heteroatoms. The standard InChI is InChI=1S/C13H14N2S/c1-14-13(7-8-13)12-15-11(9-16-12)10-5-3-2-4-6-10/h2-6,9,14H,7-8H2,1H3. The zero-order valence-corrected chi connectivity index (χ0v) is 10.1. The maximum absolute atomic E-state index is 4.74. The van der Waals surface area contributed by atoms with Gasteiger partial charge in [0.25, 0.3) is 0 Å². The Bertz CT molecular complexity index is 486. The van der Waals surface area contributed by atoms with E-state index in [4.69, 9.17) is 4.98 Å². The van der Waals surface area contributed by atoms with Crippen LogP contribution in [0, 0.1) is 0 Å². The number of benzene rings is 1. The van der Waals surface area contributed by atoms with Crippen molar-refractivity contribution in [1.82, 2.24) is 10.3 Å². The predicted octanol–water partition coefficient (Wildman–Crippen LogP) is 3.02. The lowest BCUT2D eigenvalue weighted by Gasteiger charge is -2.09. The average Bonchev–Trinajstić information content (AvgIpc) is 3.00. The minimum Gasteiger partial charge on any atom is -0.308 e. The van der Waals surface area contributed by atoms with Gasteiger partial charge in [0.2, 0.25) is 0 Å². The maximum Gasteiger partial charge on any atom is 0.113 e. The first-order valence-corrected chi connectivity index (χ1v) is 6.42. The van der Waals surface area contributed by atoms with E-state index in [0.717, 1.165) is 5.69 Å². The Hall–Kier alpha value is -1.19. The van der Waals surface area contributed by atoms with Crippen LogP contribution in [0.15, 0.2) is 35.7 Å². The normalized spacial score (nSPS) is 17.3. The summed E-state index contributed by atoms with van der Waals surface area (Å²) in [4.78, 5) is 4.74. The topological polar surface area (TPSA) is 24.9 Å². The largest absolute Gasteiger partial charge is 0.308 e. The van der Waals surface area contributed by atoms with Crippen LogP contribution in [-0.2, 0) is 5.54 Å². The molecule has 1 N–H and O–H groups in total. The van der Waals surface area contributed by atoms with E-state index in [1.165, 1.54) is 23.4 Å². The molecule has 1 saturated carbocycles. The SMILES string of the molecule is CNC1(c2nc(-c3ccccc3)cs2)CC1. The highest BCUT2D eigenvalue weighted by atomic mass is 32.1. The monoisotopic (exact) mass is 230 g/mol. The van der Waals surface area contributed by atoms with E-state index in [9.17, 15) is 0 Å². The van der Waals surface area contributed by atoms with Gasteiger partial charge < -0.3 is 5.32 Å². The number of aromatic nitrogens is 1. The molecule has 1 aromatic heterocycles. The van der Waals surface area contributed by atoms with Gasteiger partial charge in [-0.2, -0.15) is 0 Å². The van der Waals surface area contributed by atoms with Crippen LogP contribution in [0.2, 0.25) is 0 Å². The molecule has 0 unspecified atom stereocenters. The molecule has 1 aromatic carbocycles. The number of thiazole rings is 1. The van der Waals surface area contributed by atoms with Crippen LogP contribution >= 0.6 is 11.3 Å². The van der Waals surface area contributed by atoms with E-state index in [1.807, 2.05) is 13.1 Å². The highest BCUT2D eigenvalue weighted by Gasteiger charge is 2.45. The second kappa shape index (κ2) is 3.68. The third-order valence-corrected chi connectivity index (χ3v) is 4.26. The Morgan fingerprint density at radius 2 is 2.00 bits per heavy atom. The van der Waals surface area contributed by atoms with E-state index < -0.39 is 0 Å². The number of hydrogen-bond donors (Lipinski definition) is 1. The molecule has 82 valence electrons. The molecule has 0 radical (unpaired) electrons. The molecule has 16 heavy (non-hydrogen) atoms. The van der Waals surface area contributed by atoms with Crippen molar-refractivity contribution in [2.45, 2.75) is 18.4 Å². The summed E-state index contributed by atoms with van der Waals surface area (Å²) >= 11 is 1.76. The van der Waals surface area contributed by atoms with Crippen molar-refractivity contribution in [3.05, 3.63) is 40.7 Å². The molecule has 0 bridgehead atoms. The van der Waals surface area contributed by atoms with E-state index in [1.54, 1.807) is 11.3 Å². The van der Waals surface area contributed by atoms with Crippen LogP contribution in [0.4, 0.5) is 0 Å². The molecule has 1 aliphatic carbocycles. The first kappa shape index (κ1) is 10.00. The lowest BCUT2D eigenvalue weighted by atomic mass is 10.2. The molecule has 3 rings (SSSR count). The van der Waals surface area contributed by atoms with Crippen LogP contribution in [-0.4, -0.2) is 12.0 Å². The Balaban J connectivity index is 1.94. The fourth-order valence-electron chi connectivity index (χ4n) is 1.93. The van der Waals surface area contributed by atoms with Crippen LogP contribution in [0.1, 0.15) is 17.8 Å². The first-order chi connectivity index (χ1) is 7.84. The van der Waals surface area contributed by atoms with E-state index >= 15 is 0 Å². The fourth-order valence-corrected chi connectivity index (χ4v) is 3.03. The van der Waals surface area contributed by atoms with Crippen molar-refractivity contribution in [2.75, 3.05) is 7.05 Å². The number of nitrogens with zero attached hydrogens (tertiary/aromatic N) is 1. The van der Waals surface area contributed by atoms with Crippen molar-refractivity contribution < 1.29 is 0 Å². The third kappa shape index (κ3) is 1.56. The molecule has 0 atom stereocenters. The Kier molecular flexibility index (Phi) is 2.30. The van der Waals surface area contributed by atoms with Crippen molar-refractivity contribution in [3.63, 3.8) is 0 Å². The Morgan fingerprint density at radius 3 is 2.62 bits per heavy atom. The molecule has 1 heterocycles. The molecular formula is C13H14N2S. The molecule has 0 amide bonds. The Morgan fingerprint density at radius 1 is 1.25 bits per heavy atom. The molecule has 0 spiro atoms. The summed E-state index contributed by atoms with van der Waals surface area (Å²) in [6.45, 7) is 0. The average molecular weight is 230 g/mol. The minimum absolute atomic E-state index is 0.192.